The Kier molecular flexibility index (Phi) is 3.49. The van der Waals surface area contributed by atoms with Crippen LogP contribution in [0.2, 0.25) is 0 Å². The summed E-state index contributed by atoms with van der Waals surface area (Å²) in [4.78, 5) is 9.20. The molecule has 0 saturated carbocycles. The quantitative estimate of drug-likeness (QED) is 0.493. The molecule has 0 amide bonds. The minimum atomic E-state index is -0.0234. The van der Waals surface area contributed by atoms with Crippen molar-refractivity contribution in [3.8, 4) is 11.3 Å². The average Bonchev–Trinajstić information content (AvgIpc) is 3.44. The summed E-state index contributed by atoms with van der Waals surface area (Å²) in [6.07, 6.45) is 9.63. The fraction of sp³-hybridized carbons (Fsp3) is 0.211. The molecule has 0 aliphatic heterocycles. The van der Waals surface area contributed by atoms with E-state index in [0.29, 0.717) is 11.3 Å². The van der Waals surface area contributed by atoms with Gasteiger partial charge in [0.05, 0.1) is 24.1 Å². The van der Waals surface area contributed by atoms with Crippen molar-refractivity contribution < 1.29 is 0 Å². The summed E-state index contributed by atoms with van der Waals surface area (Å²) in [5, 5.41) is 12.8. The fourth-order valence-corrected chi connectivity index (χ4v) is 3.24. The van der Waals surface area contributed by atoms with Gasteiger partial charge in [0.15, 0.2) is 5.65 Å². The van der Waals surface area contributed by atoms with Crippen LogP contribution in [-0.2, 0) is 6.54 Å². The van der Waals surface area contributed by atoms with E-state index in [9.17, 15) is 0 Å². The first-order valence-electron chi connectivity index (χ1n) is 8.90. The van der Waals surface area contributed by atoms with Crippen LogP contribution in [0.25, 0.3) is 28.1 Å². The normalized spacial score (nSPS) is 12.8. The smallest absolute Gasteiger partial charge is 0.221 e. The molecule has 5 aromatic heterocycles. The Morgan fingerprint density at radius 1 is 1.11 bits per heavy atom. The van der Waals surface area contributed by atoms with E-state index in [0.717, 1.165) is 28.9 Å². The van der Waals surface area contributed by atoms with Crippen LogP contribution in [0, 0.1) is 0 Å². The van der Waals surface area contributed by atoms with Crippen LogP contribution in [0.1, 0.15) is 25.5 Å². The number of pyridine rings is 1. The molecular formula is C19H18N8. The summed E-state index contributed by atoms with van der Waals surface area (Å²) in [5.74, 6) is 0. The lowest BCUT2D eigenvalue weighted by atomic mass is 10.1. The zero-order valence-corrected chi connectivity index (χ0v) is 15.1. The van der Waals surface area contributed by atoms with E-state index in [-0.39, 0.29) is 6.04 Å². The zero-order valence-electron chi connectivity index (χ0n) is 15.1. The first kappa shape index (κ1) is 15.7. The third kappa shape index (κ3) is 2.57. The molecule has 5 heterocycles. The van der Waals surface area contributed by atoms with Gasteiger partial charge in [-0.05, 0) is 37.6 Å². The molecule has 27 heavy (non-hydrogen) atoms. The molecule has 134 valence electrons. The van der Waals surface area contributed by atoms with E-state index in [1.807, 2.05) is 34.7 Å². The number of hydrogen-bond acceptors (Lipinski definition) is 5. The van der Waals surface area contributed by atoms with E-state index >= 15 is 0 Å². The van der Waals surface area contributed by atoms with Crippen molar-refractivity contribution in [1.29, 1.82) is 0 Å². The molecule has 5 rings (SSSR count). The van der Waals surface area contributed by atoms with Gasteiger partial charge in [-0.1, -0.05) is 11.3 Å². The molecule has 8 nitrogen and oxygen atoms in total. The standard InChI is InChI=1S/C19H18N8/c1-3-26-12-15(9-21-26)17-10-20-18-19(22-17)27(24-23-18)13(2)14-6-7-16-5-4-8-25(16)11-14/h4-13H,3H2,1-2H3. The van der Waals surface area contributed by atoms with Crippen LogP contribution in [-0.4, -0.2) is 39.1 Å². The van der Waals surface area contributed by atoms with Crippen molar-refractivity contribution in [3.63, 3.8) is 0 Å². The molecule has 0 fully saturated rings. The molecule has 5 aromatic rings. The average molecular weight is 358 g/mol. The second kappa shape index (κ2) is 6.01. The molecule has 0 radical (unpaired) electrons. The Bertz CT molecular complexity index is 1250. The van der Waals surface area contributed by atoms with Crippen LogP contribution < -0.4 is 0 Å². The van der Waals surface area contributed by atoms with E-state index in [1.54, 1.807) is 12.4 Å². The van der Waals surface area contributed by atoms with Crippen molar-refractivity contribution >= 4 is 16.8 Å². The first-order valence-corrected chi connectivity index (χ1v) is 8.90. The lowest BCUT2D eigenvalue weighted by Gasteiger charge is -2.13. The number of aryl methyl sites for hydroxylation is 1. The SMILES string of the molecule is CCn1cc(-c2cnc3nnn(C(C)c4ccc5cccn5c4)c3n2)cn1. The first-order chi connectivity index (χ1) is 13.2. The van der Waals surface area contributed by atoms with Crippen molar-refractivity contribution in [2.75, 3.05) is 0 Å². The van der Waals surface area contributed by atoms with E-state index in [4.69, 9.17) is 4.98 Å². The highest BCUT2D eigenvalue weighted by atomic mass is 15.5. The Balaban J connectivity index is 1.58. The molecule has 0 spiro atoms. The molecule has 1 unspecified atom stereocenters. The number of aromatic nitrogens is 8. The number of hydrogen-bond donors (Lipinski definition) is 0. The highest BCUT2D eigenvalue weighted by Crippen LogP contribution is 2.23. The van der Waals surface area contributed by atoms with Gasteiger partial charge in [-0.2, -0.15) is 5.10 Å². The zero-order chi connectivity index (χ0) is 18.4. The van der Waals surface area contributed by atoms with Crippen LogP contribution in [0.15, 0.2) is 55.2 Å². The molecule has 0 N–H and O–H groups in total. The monoisotopic (exact) mass is 358 g/mol. The van der Waals surface area contributed by atoms with Crippen LogP contribution in [0.3, 0.4) is 0 Å². The van der Waals surface area contributed by atoms with Gasteiger partial charge >= 0.3 is 0 Å². The Hall–Kier alpha value is -3.55. The fourth-order valence-electron chi connectivity index (χ4n) is 3.24. The molecule has 0 saturated heterocycles. The molecule has 0 aliphatic carbocycles. The molecule has 8 heteroatoms. The topological polar surface area (TPSA) is 78.7 Å². The summed E-state index contributed by atoms with van der Waals surface area (Å²) in [6.45, 7) is 4.95. The lowest BCUT2D eigenvalue weighted by Crippen LogP contribution is -2.10. The van der Waals surface area contributed by atoms with E-state index < -0.39 is 0 Å². The highest BCUT2D eigenvalue weighted by Gasteiger charge is 2.17. The predicted octanol–water partition coefficient (Wildman–Crippen LogP) is 2.97. The van der Waals surface area contributed by atoms with E-state index in [2.05, 4.69) is 56.1 Å². The lowest BCUT2D eigenvalue weighted by molar-refractivity contribution is 0.554. The van der Waals surface area contributed by atoms with Gasteiger partial charge in [0.25, 0.3) is 0 Å². The molecule has 0 aromatic carbocycles. The molecule has 1 atom stereocenters. The van der Waals surface area contributed by atoms with Gasteiger partial charge in [0, 0.05) is 36.2 Å². The number of fused-ring (bicyclic) bond motifs is 2. The van der Waals surface area contributed by atoms with Crippen molar-refractivity contribution in [1.82, 2.24) is 39.1 Å². The van der Waals surface area contributed by atoms with Gasteiger partial charge in [0.1, 0.15) is 0 Å². The maximum atomic E-state index is 4.77. The summed E-state index contributed by atoms with van der Waals surface area (Å²) >= 11 is 0. The van der Waals surface area contributed by atoms with Gasteiger partial charge in [-0.15, -0.1) is 5.10 Å². The summed E-state index contributed by atoms with van der Waals surface area (Å²) in [7, 11) is 0. The Morgan fingerprint density at radius 3 is 2.89 bits per heavy atom. The molecule has 0 bridgehead atoms. The van der Waals surface area contributed by atoms with Crippen LogP contribution in [0.5, 0.6) is 0 Å². The maximum absolute atomic E-state index is 4.77. The third-order valence-corrected chi connectivity index (χ3v) is 4.84. The summed E-state index contributed by atoms with van der Waals surface area (Å²) in [5.41, 5.74) is 5.17. The maximum Gasteiger partial charge on any atom is 0.221 e. The van der Waals surface area contributed by atoms with Gasteiger partial charge < -0.3 is 4.40 Å². The van der Waals surface area contributed by atoms with E-state index in [1.165, 1.54) is 0 Å². The molecular weight excluding hydrogens is 340 g/mol. The second-order valence-electron chi connectivity index (χ2n) is 6.50. The number of rotatable bonds is 4. The molecule has 0 aliphatic rings. The number of nitrogens with zero attached hydrogens (tertiary/aromatic N) is 8. The highest BCUT2D eigenvalue weighted by molar-refractivity contribution is 5.69. The minimum Gasteiger partial charge on any atom is -0.324 e. The minimum absolute atomic E-state index is 0.0234. The summed E-state index contributed by atoms with van der Waals surface area (Å²) in [6, 6.07) is 8.29. The van der Waals surface area contributed by atoms with Crippen LogP contribution in [0.4, 0.5) is 0 Å². The van der Waals surface area contributed by atoms with Crippen molar-refractivity contribution in [2.24, 2.45) is 0 Å². The van der Waals surface area contributed by atoms with Gasteiger partial charge in [-0.25, -0.2) is 14.6 Å². The van der Waals surface area contributed by atoms with Gasteiger partial charge in [0.2, 0.25) is 5.65 Å². The van der Waals surface area contributed by atoms with Crippen LogP contribution >= 0.6 is 0 Å². The summed E-state index contributed by atoms with van der Waals surface area (Å²) < 4.78 is 5.79. The van der Waals surface area contributed by atoms with Crippen molar-refractivity contribution in [3.05, 3.63) is 60.8 Å². The van der Waals surface area contributed by atoms with Gasteiger partial charge in [-0.3, -0.25) is 4.68 Å². The Morgan fingerprint density at radius 2 is 2.04 bits per heavy atom. The Labute approximate surface area is 155 Å². The van der Waals surface area contributed by atoms with Crippen molar-refractivity contribution in [2.45, 2.75) is 26.4 Å². The second-order valence-corrected chi connectivity index (χ2v) is 6.50. The largest absolute Gasteiger partial charge is 0.324 e. The third-order valence-electron chi connectivity index (χ3n) is 4.84. The predicted molar refractivity (Wildman–Crippen MR) is 101 cm³/mol.